The summed E-state index contributed by atoms with van der Waals surface area (Å²) in [5, 5.41) is 10.1. The molecule has 1 saturated carbocycles. The summed E-state index contributed by atoms with van der Waals surface area (Å²) in [6, 6.07) is 0. The van der Waals surface area contributed by atoms with Crippen LogP contribution >= 0.6 is 0 Å². The van der Waals surface area contributed by atoms with Gasteiger partial charge >= 0.3 is 0 Å². The van der Waals surface area contributed by atoms with Crippen LogP contribution in [0.2, 0.25) is 0 Å². The second kappa shape index (κ2) is 4.60. The molecule has 1 aliphatic heterocycles. The molecule has 1 atom stereocenters. The van der Waals surface area contributed by atoms with Crippen molar-refractivity contribution in [2.24, 2.45) is 0 Å². The number of ketones is 1. The number of carbonyl (C=O) groups excluding carboxylic acids is 1. The Labute approximate surface area is 89.6 Å². The van der Waals surface area contributed by atoms with Crippen molar-refractivity contribution in [3.63, 3.8) is 0 Å². The van der Waals surface area contributed by atoms with Gasteiger partial charge in [0.25, 0.3) is 0 Å². The molecule has 0 aromatic carbocycles. The monoisotopic (exact) mass is 214 g/mol. The van der Waals surface area contributed by atoms with Gasteiger partial charge in [0.1, 0.15) is 5.78 Å². The van der Waals surface area contributed by atoms with E-state index in [0.717, 1.165) is 13.0 Å². The summed E-state index contributed by atoms with van der Waals surface area (Å²) >= 11 is 0. The van der Waals surface area contributed by atoms with Crippen LogP contribution in [0.4, 0.5) is 0 Å². The molecular weight excluding hydrogens is 196 g/mol. The van der Waals surface area contributed by atoms with Crippen molar-refractivity contribution in [3.8, 4) is 0 Å². The molecule has 15 heavy (non-hydrogen) atoms. The van der Waals surface area contributed by atoms with Crippen LogP contribution in [-0.2, 0) is 14.3 Å². The topological polar surface area (TPSA) is 55.8 Å². The molecule has 0 amide bonds. The predicted molar refractivity (Wildman–Crippen MR) is 53.6 cm³/mol. The second-order valence-electron chi connectivity index (χ2n) is 4.56. The minimum atomic E-state index is -0.781. The zero-order valence-corrected chi connectivity index (χ0v) is 8.91. The first kappa shape index (κ1) is 11.0. The van der Waals surface area contributed by atoms with E-state index < -0.39 is 5.60 Å². The van der Waals surface area contributed by atoms with Crippen molar-refractivity contribution in [1.29, 1.82) is 0 Å². The lowest BCUT2D eigenvalue weighted by Gasteiger charge is -2.31. The van der Waals surface area contributed by atoms with E-state index in [-0.39, 0.29) is 11.9 Å². The highest BCUT2D eigenvalue weighted by Gasteiger charge is 2.33. The van der Waals surface area contributed by atoms with Gasteiger partial charge < -0.3 is 14.6 Å². The molecule has 4 nitrogen and oxygen atoms in total. The van der Waals surface area contributed by atoms with E-state index in [1.807, 2.05) is 0 Å². The van der Waals surface area contributed by atoms with Crippen LogP contribution in [0.25, 0.3) is 0 Å². The fraction of sp³-hybridized carbons (Fsp3) is 0.909. The molecular formula is C11H18O4. The Kier molecular flexibility index (Phi) is 3.38. The Morgan fingerprint density at radius 3 is 2.80 bits per heavy atom. The number of Topliss-reactive ketones (excluding diaryl/α,β-unsaturated/α-hetero) is 1. The normalized spacial score (nSPS) is 30.7. The number of hydrogen-bond acceptors (Lipinski definition) is 4. The fourth-order valence-electron chi connectivity index (χ4n) is 2.06. The average molecular weight is 214 g/mol. The van der Waals surface area contributed by atoms with E-state index in [0.29, 0.717) is 38.9 Å². The lowest BCUT2D eigenvalue weighted by Crippen LogP contribution is -2.40. The predicted octanol–water partition coefficient (Wildman–Crippen LogP) is 0.666. The summed E-state index contributed by atoms with van der Waals surface area (Å²) in [7, 11) is 0. The maximum Gasteiger partial charge on any atom is 0.133 e. The lowest BCUT2D eigenvalue weighted by atomic mass is 9.85. The third-order valence-corrected chi connectivity index (χ3v) is 3.21. The molecule has 1 heterocycles. The highest BCUT2D eigenvalue weighted by Crippen LogP contribution is 2.27. The van der Waals surface area contributed by atoms with Crippen molar-refractivity contribution in [2.75, 3.05) is 19.8 Å². The van der Waals surface area contributed by atoms with Gasteiger partial charge in [-0.1, -0.05) is 0 Å². The van der Waals surface area contributed by atoms with E-state index >= 15 is 0 Å². The van der Waals surface area contributed by atoms with E-state index in [2.05, 4.69) is 0 Å². The van der Waals surface area contributed by atoms with Crippen molar-refractivity contribution in [3.05, 3.63) is 0 Å². The minimum Gasteiger partial charge on any atom is -0.387 e. The molecule has 0 spiro atoms. The molecule has 86 valence electrons. The van der Waals surface area contributed by atoms with Crippen molar-refractivity contribution < 1.29 is 19.4 Å². The van der Waals surface area contributed by atoms with Crippen LogP contribution in [0, 0.1) is 0 Å². The Bertz CT molecular complexity index is 223. The summed E-state index contributed by atoms with van der Waals surface area (Å²) < 4.78 is 10.8. The maximum atomic E-state index is 11.0. The quantitative estimate of drug-likeness (QED) is 0.750. The zero-order valence-electron chi connectivity index (χ0n) is 8.91. The Morgan fingerprint density at radius 2 is 2.20 bits per heavy atom. The first-order valence-corrected chi connectivity index (χ1v) is 5.61. The SMILES string of the molecule is O=C1CCC(O)(COC2CCOC2)CC1. The van der Waals surface area contributed by atoms with Gasteiger partial charge in [0.15, 0.2) is 0 Å². The molecule has 2 fully saturated rings. The second-order valence-corrected chi connectivity index (χ2v) is 4.56. The van der Waals surface area contributed by atoms with Gasteiger partial charge in [0.2, 0.25) is 0 Å². The van der Waals surface area contributed by atoms with Gasteiger partial charge in [-0.25, -0.2) is 0 Å². The number of carbonyl (C=O) groups is 1. The number of ether oxygens (including phenoxy) is 2. The van der Waals surface area contributed by atoms with Crippen molar-refractivity contribution in [1.82, 2.24) is 0 Å². The van der Waals surface area contributed by atoms with E-state index in [1.165, 1.54) is 0 Å². The first-order chi connectivity index (χ1) is 7.18. The van der Waals surface area contributed by atoms with Gasteiger partial charge in [0.05, 0.1) is 24.9 Å². The molecule has 4 heteroatoms. The van der Waals surface area contributed by atoms with Gasteiger partial charge in [0, 0.05) is 19.4 Å². The van der Waals surface area contributed by atoms with Crippen molar-refractivity contribution >= 4 is 5.78 Å². The Morgan fingerprint density at radius 1 is 1.47 bits per heavy atom. The number of hydrogen-bond donors (Lipinski definition) is 1. The molecule has 2 rings (SSSR count). The van der Waals surface area contributed by atoms with Gasteiger partial charge in [-0.15, -0.1) is 0 Å². The third kappa shape index (κ3) is 3.00. The summed E-state index contributed by atoms with van der Waals surface area (Å²) in [4.78, 5) is 11.0. The Hall–Kier alpha value is -0.450. The fourth-order valence-corrected chi connectivity index (χ4v) is 2.06. The molecule has 2 aliphatic rings. The van der Waals surface area contributed by atoms with Crippen LogP contribution < -0.4 is 0 Å². The molecule has 0 aromatic heterocycles. The largest absolute Gasteiger partial charge is 0.387 e. The van der Waals surface area contributed by atoms with Crippen LogP contribution in [-0.4, -0.2) is 42.4 Å². The molecule has 1 N–H and O–H groups in total. The number of aliphatic hydroxyl groups is 1. The summed E-state index contributed by atoms with van der Waals surface area (Å²) in [6.07, 6.45) is 3.10. The Balaban J connectivity index is 1.74. The first-order valence-electron chi connectivity index (χ1n) is 5.61. The summed E-state index contributed by atoms with van der Waals surface area (Å²) in [5.41, 5.74) is -0.781. The lowest BCUT2D eigenvalue weighted by molar-refractivity contribution is -0.131. The highest BCUT2D eigenvalue weighted by molar-refractivity contribution is 5.79. The molecule has 0 bridgehead atoms. The van der Waals surface area contributed by atoms with E-state index in [1.54, 1.807) is 0 Å². The maximum absolute atomic E-state index is 11.0. The average Bonchev–Trinajstić information content (AvgIpc) is 2.73. The number of rotatable bonds is 3. The molecule has 0 radical (unpaired) electrons. The minimum absolute atomic E-state index is 0.131. The van der Waals surface area contributed by atoms with Gasteiger partial charge in [-0.2, -0.15) is 0 Å². The summed E-state index contributed by atoms with van der Waals surface area (Å²) in [5.74, 6) is 0.254. The summed E-state index contributed by atoms with van der Waals surface area (Å²) in [6.45, 7) is 1.73. The molecule has 0 aromatic rings. The third-order valence-electron chi connectivity index (χ3n) is 3.21. The van der Waals surface area contributed by atoms with Gasteiger partial charge in [-0.05, 0) is 19.3 Å². The van der Waals surface area contributed by atoms with Crippen LogP contribution in [0.15, 0.2) is 0 Å². The smallest absolute Gasteiger partial charge is 0.133 e. The molecule has 1 unspecified atom stereocenters. The van der Waals surface area contributed by atoms with Crippen molar-refractivity contribution in [2.45, 2.75) is 43.8 Å². The van der Waals surface area contributed by atoms with E-state index in [9.17, 15) is 9.90 Å². The van der Waals surface area contributed by atoms with Crippen LogP contribution in [0.5, 0.6) is 0 Å². The molecule has 1 saturated heterocycles. The zero-order chi connectivity index (χ0) is 10.7. The van der Waals surface area contributed by atoms with E-state index in [4.69, 9.17) is 9.47 Å². The van der Waals surface area contributed by atoms with Gasteiger partial charge in [-0.3, -0.25) is 4.79 Å². The molecule has 1 aliphatic carbocycles. The highest BCUT2D eigenvalue weighted by atomic mass is 16.5. The van der Waals surface area contributed by atoms with Crippen LogP contribution in [0.3, 0.4) is 0 Å². The standard InChI is InChI=1S/C11H18O4/c12-9-1-4-11(13,5-2-9)8-15-10-3-6-14-7-10/h10,13H,1-8H2. The van der Waals surface area contributed by atoms with Crippen LogP contribution in [0.1, 0.15) is 32.1 Å².